The Labute approximate surface area is 135 Å². The van der Waals surface area contributed by atoms with Crippen LogP contribution in [0.25, 0.3) is 0 Å². The van der Waals surface area contributed by atoms with Crippen LogP contribution in [-0.2, 0) is 16.4 Å². The Morgan fingerprint density at radius 3 is 2.55 bits per heavy atom. The largest absolute Gasteiger partial charge is 0.319 e. The number of sulfonamides is 1. The molecule has 1 heterocycles. The lowest BCUT2D eigenvalue weighted by molar-refractivity contribution is 0.263. The van der Waals surface area contributed by atoms with E-state index in [0.717, 1.165) is 25.8 Å². The second-order valence-corrected chi connectivity index (χ2v) is 8.61. The molecule has 1 atom stereocenters. The lowest BCUT2D eigenvalue weighted by Gasteiger charge is -2.31. The summed E-state index contributed by atoms with van der Waals surface area (Å²) in [5.74, 6) is 0.987. The number of nitrogens with one attached hydrogen (secondary N) is 1. The zero-order chi connectivity index (χ0) is 16.2. The fourth-order valence-corrected chi connectivity index (χ4v) is 4.67. The molecule has 0 saturated carbocycles. The van der Waals surface area contributed by atoms with E-state index in [4.69, 9.17) is 0 Å². The summed E-state index contributed by atoms with van der Waals surface area (Å²) in [7, 11) is -1.44. The molecule has 1 saturated heterocycles. The number of benzene rings is 1. The molecule has 124 valence electrons. The third-order valence-corrected chi connectivity index (χ3v) is 6.06. The van der Waals surface area contributed by atoms with Crippen molar-refractivity contribution in [3.63, 3.8) is 0 Å². The Morgan fingerprint density at radius 1 is 1.27 bits per heavy atom. The first-order valence-electron chi connectivity index (χ1n) is 8.17. The van der Waals surface area contributed by atoms with Crippen molar-refractivity contribution in [1.29, 1.82) is 0 Å². The van der Waals surface area contributed by atoms with Crippen molar-refractivity contribution in [2.24, 2.45) is 11.8 Å². The van der Waals surface area contributed by atoms with E-state index in [0.29, 0.717) is 29.8 Å². The molecule has 0 bridgehead atoms. The van der Waals surface area contributed by atoms with Gasteiger partial charge in [0.05, 0.1) is 4.90 Å². The lowest BCUT2D eigenvalue weighted by Crippen LogP contribution is -2.42. The fourth-order valence-electron chi connectivity index (χ4n) is 3.12. The number of nitrogens with zero attached hydrogens (tertiary/aromatic N) is 1. The average Bonchev–Trinajstić information content (AvgIpc) is 2.48. The third kappa shape index (κ3) is 4.31. The highest BCUT2D eigenvalue weighted by Crippen LogP contribution is 2.24. The van der Waals surface area contributed by atoms with E-state index >= 15 is 0 Å². The average molecular weight is 324 g/mol. The molecule has 5 heteroatoms. The van der Waals surface area contributed by atoms with Crippen molar-refractivity contribution in [3.05, 3.63) is 29.8 Å². The van der Waals surface area contributed by atoms with Gasteiger partial charge < -0.3 is 5.32 Å². The molecule has 1 aliphatic heterocycles. The number of rotatable bonds is 6. The Kier molecular flexibility index (Phi) is 6.01. The van der Waals surface area contributed by atoms with Crippen molar-refractivity contribution in [3.8, 4) is 0 Å². The summed E-state index contributed by atoms with van der Waals surface area (Å²) in [4.78, 5) is 0.421. The molecule has 1 N–H and O–H groups in total. The quantitative estimate of drug-likeness (QED) is 0.875. The highest BCUT2D eigenvalue weighted by atomic mass is 32.2. The first kappa shape index (κ1) is 17.4. The summed E-state index contributed by atoms with van der Waals surface area (Å²) in [6, 6.07) is 7.41. The minimum Gasteiger partial charge on any atom is -0.319 e. The molecule has 1 aliphatic rings. The van der Waals surface area contributed by atoms with Crippen molar-refractivity contribution >= 4 is 10.0 Å². The van der Waals surface area contributed by atoms with Gasteiger partial charge in [0.1, 0.15) is 0 Å². The highest BCUT2D eigenvalue weighted by molar-refractivity contribution is 7.89. The number of piperidine rings is 1. The maximum absolute atomic E-state index is 12.8. The van der Waals surface area contributed by atoms with Crippen LogP contribution in [0.1, 0.15) is 32.3 Å². The van der Waals surface area contributed by atoms with Gasteiger partial charge in [0, 0.05) is 13.1 Å². The molecule has 1 aromatic carbocycles. The van der Waals surface area contributed by atoms with Gasteiger partial charge in [-0.1, -0.05) is 26.0 Å². The normalized spacial score (nSPS) is 20.5. The van der Waals surface area contributed by atoms with Crippen LogP contribution >= 0.6 is 0 Å². The molecule has 0 amide bonds. The van der Waals surface area contributed by atoms with Crippen molar-refractivity contribution in [1.82, 2.24) is 9.62 Å². The van der Waals surface area contributed by atoms with Crippen molar-refractivity contribution < 1.29 is 8.42 Å². The van der Waals surface area contributed by atoms with E-state index in [1.54, 1.807) is 16.4 Å². The maximum Gasteiger partial charge on any atom is 0.243 e. The number of hydrogen-bond acceptors (Lipinski definition) is 3. The lowest BCUT2D eigenvalue weighted by atomic mass is 10.00. The minimum atomic E-state index is -3.35. The summed E-state index contributed by atoms with van der Waals surface area (Å²) >= 11 is 0. The Hall–Kier alpha value is -0.910. The van der Waals surface area contributed by atoms with Crippen LogP contribution in [0.2, 0.25) is 0 Å². The van der Waals surface area contributed by atoms with E-state index in [-0.39, 0.29) is 0 Å². The molecule has 1 aromatic rings. The second-order valence-electron chi connectivity index (χ2n) is 6.67. The summed E-state index contributed by atoms with van der Waals surface area (Å²) in [6.07, 6.45) is 3.02. The van der Waals surface area contributed by atoms with Gasteiger partial charge >= 0.3 is 0 Å². The molecule has 0 spiro atoms. The van der Waals surface area contributed by atoms with Gasteiger partial charge in [-0.2, -0.15) is 4.31 Å². The van der Waals surface area contributed by atoms with Crippen LogP contribution in [0.4, 0.5) is 0 Å². The number of hydrogen-bond donors (Lipinski definition) is 1. The third-order valence-electron chi connectivity index (χ3n) is 4.18. The topological polar surface area (TPSA) is 49.4 Å². The first-order chi connectivity index (χ1) is 10.4. The molecule has 22 heavy (non-hydrogen) atoms. The molecule has 4 nitrogen and oxygen atoms in total. The predicted molar refractivity (Wildman–Crippen MR) is 90.4 cm³/mol. The molecule has 0 aromatic heterocycles. The van der Waals surface area contributed by atoms with Gasteiger partial charge in [-0.15, -0.1) is 0 Å². The zero-order valence-corrected chi connectivity index (χ0v) is 14.7. The SMILES string of the molecule is CNCC1CCCN(S(=O)(=O)c2ccc(CC(C)C)cc2)C1. The first-order valence-corrected chi connectivity index (χ1v) is 9.61. The summed E-state index contributed by atoms with van der Waals surface area (Å²) < 4.78 is 27.2. The van der Waals surface area contributed by atoms with Crippen molar-refractivity contribution in [2.75, 3.05) is 26.7 Å². The van der Waals surface area contributed by atoms with Gasteiger partial charge in [-0.25, -0.2) is 8.42 Å². The standard InChI is InChI=1S/C17H28N2O2S/c1-14(2)11-15-6-8-17(9-7-15)22(20,21)19-10-4-5-16(13-19)12-18-3/h6-9,14,16,18H,4-5,10-13H2,1-3H3. The zero-order valence-electron chi connectivity index (χ0n) is 13.9. The van der Waals surface area contributed by atoms with E-state index < -0.39 is 10.0 Å². The molecular formula is C17H28N2O2S. The van der Waals surface area contributed by atoms with E-state index in [2.05, 4.69) is 19.2 Å². The van der Waals surface area contributed by atoms with E-state index in [1.807, 2.05) is 19.2 Å². The summed E-state index contributed by atoms with van der Waals surface area (Å²) in [6.45, 7) is 6.47. The van der Waals surface area contributed by atoms with E-state index in [1.165, 1.54) is 5.56 Å². The van der Waals surface area contributed by atoms with Crippen LogP contribution < -0.4 is 5.32 Å². The Morgan fingerprint density at radius 2 is 1.95 bits per heavy atom. The molecule has 2 rings (SSSR count). The summed E-state index contributed by atoms with van der Waals surface area (Å²) in [5, 5.41) is 3.15. The Bertz CT molecular complexity index is 565. The van der Waals surface area contributed by atoms with Gasteiger partial charge in [0.25, 0.3) is 0 Å². The van der Waals surface area contributed by atoms with Crippen LogP contribution in [0.3, 0.4) is 0 Å². The second kappa shape index (κ2) is 7.57. The predicted octanol–water partition coefficient (Wildman–Crippen LogP) is 2.51. The molecule has 0 aliphatic carbocycles. The van der Waals surface area contributed by atoms with Crippen LogP contribution in [-0.4, -0.2) is 39.4 Å². The molecule has 1 fully saturated rings. The monoisotopic (exact) mass is 324 g/mol. The van der Waals surface area contributed by atoms with Crippen LogP contribution in [0, 0.1) is 11.8 Å². The molecule has 0 radical (unpaired) electrons. The fraction of sp³-hybridized carbons (Fsp3) is 0.647. The van der Waals surface area contributed by atoms with Gasteiger partial charge in [0.2, 0.25) is 10.0 Å². The Balaban J connectivity index is 2.12. The highest BCUT2D eigenvalue weighted by Gasteiger charge is 2.29. The maximum atomic E-state index is 12.8. The van der Waals surface area contributed by atoms with Crippen LogP contribution in [0.5, 0.6) is 0 Å². The van der Waals surface area contributed by atoms with Gasteiger partial charge in [-0.05, 0) is 62.4 Å². The summed E-state index contributed by atoms with van der Waals surface area (Å²) in [5.41, 5.74) is 1.20. The van der Waals surface area contributed by atoms with E-state index in [9.17, 15) is 8.42 Å². The van der Waals surface area contributed by atoms with Gasteiger partial charge in [-0.3, -0.25) is 0 Å². The molecular weight excluding hydrogens is 296 g/mol. The van der Waals surface area contributed by atoms with Gasteiger partial charge in [0.15, 0.2) is 0 Å². The smallest absolute Gasteiger partial charge is 0.243 e. The minimum absolute atomic E-state index is 0.411. The van der Waals surface area contributed by atoms with Crippen LogP contribution in [0.15, 0.2) is 29.2 Å². The molecule has 1 unspecified atom stereocenters. The van der Waals surface area contributed by atoms with Crippen molar-refractivity contribution in [2.45, 2.75) is 38.0 Å².